The van der Waals surface area contributed by atoms with Crippen LogP contribution in [0.25, 0.3) is 0 Å². The molecule has 6 aliphatic carbocycles. The van der Waals surface area contributed by atoms with Gasteiger partial charge in [0.1, 0.15) is 0 Å². The zero-order chi connectivity index (χ0) is 15.9. The number of fused-ring (bicyclic) bond motifs is 4. The SMILES string of the molecule is CC1C([B-](C#N)C2CCC3CC2C3(C)C)CC2CC1C2(C)C. The van der Waals surface area contributed by atoms with Gasteiger partial charge in [-0.1, -0.05) is 65.7 Å². The molecule has 121 valence electrons. The summed E-state index contributed by atoms with van der Waals surface area (Å²) in [5.74, 6) is 8.50. The predicted molar refractivity (Wildman–Crippen MR) is 92.6 cm³/mol. The molecule has 6 saturated carbocycles. The summed E-state index contributed by atoms with van der Waals surface area (Å²) in [4.78, 5) is 0. The molecule has 7 unspecified atom stereocenters. The third kappa shape index (κ3) is 1.72. The molecule has 0 saturated heterocycles. The van der Waals surface area contributed by atoms with E-state index in [4.69, 9.17) is 0 Å². The third-order valence-corrected chi connectivity index (χ3v) is 9.40. The Bertz CT molecular complexity index is 514. The molecule has 2 heteroatoms. The van der Waals surface area contributed by atoms with Crippen molar-refractivity contribution >= 4 is 6.71 Å². The van der Waals surface area contributed by atoms with Gasteiger partial charge in [0.2, 0.25) is 0 Å². The third-order valence-electron chi connectivity index (χ3n) is 9.40. The lowest BCUT2D eigenvalue weighted by Gasteiger charge is -2.69. The number of nitriles is 1. The highest BCUT2D eigenvalue weighted by atomic mass is 14.6. The van der Waals surface area contributed by atoms with Gasteiger partial charge in [0, 0.05) is 0 Å². The highest BCUT2D eigenvalue weighted by Gasteiger charge is 2.57. The van der Waals surface area contributed by atoms with Gasteiger partial charge in [-0.25, -0.2) is 0 Å². The molecular weight excluding hydrogens is 265 g/mol. The van der Waals surface area contributed by atoms with Crippen LogP contribution < -0.4 is 0 Å². The van der Waals surface area contributed by atoms with Gasteiger partial charge in [-0.3, -0.25) is 5.26 Å². The minimum atomic E-state index is 0.335. The fourth-order valence-electron chi connectivity index (χ4n) is 7.47. The van der Waals surface area contributed by atoms with Crippen molar-refractivity contribution in [2.75, 3.05) is 0 Å². The van der Waals surface area contributed by atoms with Crippen molar-refractivity contribution in [2.45, 2.75) is 78.4 Å². The molecule has 1 nitrogen and oxygen atoms in total. The van der Waals surface area contributed by atoms with E-state index in [0.717, 1.165) is 29.6 Å². The van der Waals surface area contributed by atoms with Crippen LogP contribution in [0, 0.1) is 51.6 Å². The second-order valence-corrected chi connectivity index (χ2v) is 10.4. The fourth-order valence-corrected chi connectivity index (χ4v) is 7.47. The predicted octanol–water partition coefficient (Wildman–Crippen LogP) is 5.44. The second kappa shape index (κ2) is 4.55. The minimum absolute atomic E-state index is 0.335. The van der Waals surface area contributed by atoms with E-state index in [0.29, 0.717) is 29.2 Å². The van der Waals surface area contributed by atoms with E-state index >= 15 is 0 Å². The Kier molecular flexibility index (Phi) is 3.13. The van der Waals surface area contributed by atoms with Crippen molar-refractivity contribution < 1.29 is 0 Å². The maximum absolute atomic E-state index is 10.0. The molecule has 0 aliphatic heterocycles. The van der Waals surface area contributed by atoms with Crippen LogP contribution in [0.5, 0.6) is 0 Å². The summed E-state index contributed by atoms with van der Waals surface area (Å²) in [6.07, 6.45) is 6.89. The largest absolute Gasteiger partial charge is 0.253 e. The lowest BCUT2D eigenvalue weighted by Crippen LogP contribution is -2.58. The van der Waals surface area contributed by atoms with Crippen LogP contribution >= 0.6 is 0 Å². The van der Waals surface area contributed by atoms with Crippen LogP contribution in [0.4, 0.5) is 0 Å². The van der Waals surface area contributed by atoms with Crippen LogP contribution in [0.1, 0.15) is 66.7 Å². The van der Waals surface area contributed by atoms with Crippen LogP contribution in [-0.2, 0) is 0 Å². The Morgan fingerprint density at radius 1 is 0.864 bits per heavy atom. The molecule has 0 N–H and O–H groups in total. The minimum Gasteiger partial charge on any atom is -0.253 e. The summed E-state index contributed by atoms with van der Waals surface area (Å²) in [6.45, 7) is 12.7. The van der Waals surface area contributed by atoms with E-state index in [1.54, 1.807) is 0 Å². The lowest BCUT2D eigenvalue weighted by molar-refractivity contribution is -0.101. The topological polar surface area (TPSA) is 23.8 Å². The molecule has 0 aromatic rings. The summed E-state index contributed by atoms with van der Waals surface area (Å²) in [5, 5.41) is 10.0. The molecule has 0 spiro atoms. The molecule has 0 heterocycles. The maximum atomic E-state index is 10.0. The lowest BCUT2D eigenvalue weighted by atomic mass is 9.21. The van der Waals surface area contributed by atoms with Crippen molar-refractivity contribution in [2.24, 2.45) is 40.4 Å². The van der Waals surface area contributed by atoms with Crippen LogP contribution in [0.3, 0.4) is 0 Å². The van der Waals surface area contributed by atoms with Gasteiger partial charge in [0.25, 0.3) is 0 Å². The van der Waals surface area contributed by atoms with Gasteiger partial charge < -0.3 is 0 Å². The number of hydrogen-bond acceptors (Lipinski definition) is 1. The standard InChI is InChI=1S/C20H32BN/c1-12-15-9-14(20(15,4)5)10-18(12)21(11-22)17-7-6-13-8-16(17)19(13,2)3/h12-18H,6-10H2,1-5H3/q-1. The van der Waals surface area contributed by atoms with E-state index in [9.17, 15) is 5.26 Å². The van der Waals surface area contributed by atoms with Crippen LogP contribution in [0.2, 0.25) is 11.6 Å². The van der Waals surface area contributed by atoms with E-state index in [-0.39, 0.29) is 0 Å². The maximum Gasteiger partial charge on any atom is -0.00513 e. The zero-order valence-corrected chi connectivity index (χ0v) is 15.1. The summed E-state index contributed by atoms with van der Waals surface area (Å²) in [6, 6.07) is 0. The van der Waals surface area contributed by atoms with Gasteiger partial charge in [0.15, 0.2) is 0 Å². The number of hydrogen-bond donors (Lipinski definition) is 0. The number of nitrogens with zero attached hydrogens (tertiary/aromatic N) is 1. The zero-order valence-electron chi connectivity index (χ0n) is 15.1. The highest BCUT2D eigenvalue weighted by molar-refractivity contribution is 6.70. The molecule has 6 aliphatic rings. The molecule has 0 aromatic carbocycles. The first-order valence-electron chi connectivity index (χ1n) is 9.68. The molecule has 0 amide bonds. The molecular formula is C20H32BN-. The average Bonchev–Trinajstić information content (AvgIpc) is 2.49. The van der Waals surface area contributed by atoms with Crippen molar-refractivity contribution in [3.8, 4) is 5.97 Å². The Morgan fingerprint density at radius 2 is 1.50 bits per heavy atom. The van der Waals surface area contributed by atoms with Gasteiger partial charge in [-0.15, -0.1) is 0 Å². The van der Waals surface area contributed by atoms with Gasteiger partial charge in [-0.05, 0) is 48.1 Å². The summed E-state index contributed by atoms with van der Waals surface area (Å²) < 4.78 is 0. The van der Waals surface area contributed by atoms with E-state index < -0.39 is 0 Å². The molecule has 4 bridgehead atoms. The Morgan fingerprint density at radius 3 is 2.00 bits per heavy atom. The van der Waals surface area contributed by atoms with Crippen LogP contribution in [-0.4, -0.2) is 6.71 Å². The average molecular weight is 297 g/mol. The quantitative estimate of drug-likeness (QED) is 0.622. The van der Waals surface area contributed by atoms with Gasteiger partial charge >= 0.3 is 0 Å². The Hall–Kier alpha value is -0.445. The summed E-state index contributed by atoms with van der Waals surface area (Å²) in [7, 11) is 0. The molecule has 22 heavy (non-hydrogen) atoms. The normalized spacial score (nSPS) is 50.7. The van der Waals surface area contributed by atoms with E-state index in [2.05, 4.69) is 40.6 Å². The Balaban J connectivity index is 1.55. The van der Waals surface area contributed by atoms with Crippen molar-refractivity contribution in [3.05, 3.63) is 0 Å². The van der Waals surface area contributed by atoms with Crippen molar-refractivity contribution in [1.82, 2.24) is 0 Å². The molecule has 6 rings (SSSR count). The fraction of sp³-hybridized carbons (Fsp3) is 0.950. The smallest absolute Gasteiger partial charge is 0.00513 e. The summed E-state index contributed by atoms with van der Waals surface area (Å²) in [5.41, 5.74) is 1.06. The Labute approximate surface area is 137 Å². The first kappa shape index (κ1) is 15.1. The van der Waals surface area contributed by atoms with E-state index in [1.165, 1.54) is 32.1 Å². The first-order valence-corrected chi connectivity index (χ1v) is 9.68. The monoisotopic (exact) mass is 297 g/mol. The summed E-state index contributed by atoms with van der Waals surface area (Å²) >= 11 is 0. The second-order valence-electron chi connectivity index (χ2n) is 10.4. The highest BCUT2D eigenvalue weighted by Crippen LogP contribution is 2.69. The van der Waals surface area contributed by atoms with Crippen molar-refractivity contribution in [3.63, 3.8) is 0 Å². The molecule has 1 radical (unpaired) electrons. The first-order chi connectivity index (χ1) is 10.3. The van der Waals surface area contributed by atoms with Gasteiger partial charge in [-0.2, -0.15) is 17.6 Å². The van der Waals surface area contributed by atoms with E-state index in [1.807, 2.05) is 0 Å². The number of rotatable bonds is 2. The molecule has 6 fully saturated rings. The van der Waals surface area contributed by atoms with Crippen LogP contribution in [0.15, 0.2) is 0 Å². The molecule has 7 atom stereocenters. The van der Waals surface area contributed by atoms with Crippen molar-refractivity contribution in [1.29, 1.82) is 5.26 Å². The van der Waals surface area contributed by atoms with Gasteiger partial charge in [0.05, 0.1) is 0 Å². The molecule has 0 aromatic heterocycles.